The molecule has 1 aliphatic rings. The van der Waals surface area contributed by atoms with E-state index in [2.05, 4.69) is 14.7 Å². The summed E-state index contributed by atoms with van der Waals surface area (Å²) < 4.78 is 44.9. The van der Waals surface area contributed by atoms with Crippen molar-refractivity contribution >= 4 is 22.9 Å². The van der Waals surface area contributed by atoms with Crippen molar-refractivity contribution in [2.45, 2.75) is 19.8 Å². The molecule has 0 amide bonds. The molecule has 5 nitrogen and oxygen atoms in total. The second-order valence-electron chi connectivity index (χ2n) is 5.94. The van der Waals surface area contributed by atoms with E-state index in [4.69, 9.17) is 0 Å². The number of halogens is 3. The van der Waals surface area contributed by atoms with Crippen molar-refractivity contribution in [2.75, 3.05) is 4.90 Å². The quantitative estimate of drug-likeness (QED) is 0.660. The molecule has 1 unspecified atom stereocenters. The lowest BCUT2D eigenvalue weighted by atomic mass is 10.2. The fourth-order valence-corrected chi connectivity index (χ4v) is 3.10. The normalized spacial score (nSPS) is 16.9. The van der Waals surface area contributed by atoms with Gasteiger partial charge in [-0.15, -0.1) is 0 Å². The SMILES string of the molecule is Cc1nc2ccccc2n1C1N=CC(F)=CN1c1ccc(OC(F)F)cc1. The van der Waals surface area contributed by atoms with Crippen LogP contribution in [0.3, 0.4) is 0 Å². The van der Waals surface area contributed by atoms with Crippen LogP contribution >= 0.6 is 0 Å². The summed E-state index contributed by atoms with van der Waals surface area (Å²) in [5, 5.41) is 0. The third kappa shape index (κ3) is 3.25. The molecule has 138 valence electrons. The fourth-order valence-electron chi connectivity index (χ4n) is 3.10. The third-order valence-electron chi connectivity index (χ3n) is 4.21. The Morgan fingerprint density at radius 1 is 1.07 bits per heavy atom. The first kappa shape index (κ1) is 17.1. The number of allylic oxidation sites excluding steroid dienone is 1. The van der Waals surface area contributed by atoms with Crippen LogP contribution in [0.5, 0.6) is 5.75 Å². The Labute approximate surface area is 153 Å². The number of aliphatic imine (C=N–C) groups is 1. The number of aromatic nitrogens is 2. The Kier molecular flexibility index (Phi) is 4.31. The fraction of sp³-hybridized carbons (Fsp3) is 0.158. The van der Waals surface area contributed by atoms with Crippen molar-refractivity contribution in [2.24, 2.45) is 4.99 Å². The second kappa shape index (κ2) is 6.79. The van der Waals surface area contributed by atoms with Crippen LogP contribution in [0.25, 0.3) is 11.0 Å². The number of rotatable bonds is 4. The van der Waals surface area contributed by atoms with E-state index < -0.39 is 18.7 Å². The monoisotopic (exact) mass is 372 g/mol. The molecule has 2 heterocycles. The number of hydrogen-bond donors (Lipinski definition) is 0. The first-order valence-electron chi connectivity index (χ1n) is 8.20. The molecule has 0 spiro atoms. The number of hydrogen-bond acceptors (Lipinski definition) is 4. The standard InChI is InChI=1S/C19H15F3N4O/c1-12-24-16-4-2-3-5-17(16)26(12)19-23-10-13(20)11-25(19)14-6-8-15(9-7-14)27-18(21)22/h2-11,18-19H,1H3. The van der Waals surface area contributed by atoms with Gasteiger partial charge in [0.05, 0.1) is 17.2 Å². The van der Waals surface area contributed by atoms with Gasteiger partial charge in [0.1, 0.15) is 11.6 Å². The minimum absolute atomic E-state index is 0.0273. The van der Waals surface area contributed by atoms with Crippen LogP contribution in [-0.2, 0) is 0 Å². The van der Waals surface area contributed by atoms with E-state index in [1.54, 1.807) is 17.0 Å². The van der Waals surface area contributed by atoms with Gasteiger partial charge in [-0.05, 0) is 43.3 Å². The maximum absolute atomic E-state index is 13.9. The van der Waals surface area contributed by atoms with E-state index in [0.717, 1.165) is 23.1 Å². The maximum atomic E-state index is 13.9. The predicted molar refractivity (Wildman–Crippen MR) is 96.7 cm³/mol. The van der Waals surface area contributed by atoms with Crippen LogP contribution in [0.15, 0.2) is 65.6 Å². The molecular formula is C19H15F3N4O. The van der Waals surface area contributed by atoms with Crippen LogP contribution in [0.4, 0.5) is 18.9 Å². The number of benzene rings is 2. The Morgan fingerprint density at radius 2 is 1.81 bits per heavy atom. The Hall–Kier alpha value is -3.29. The number of nitrogens with zero attached hydrogens (tertiary/aromatic N) is 4. The Bertz CT molecular complexity index is 1030. The van der Waals surface area contributed by atoms with Crippen molar-refractivity contribution < 1.29 is 17.9 Å². The van der Waals surface area contributed by atoms with Gasteiger partial charge >= 0.3 is 6.61 Å². The van der Waals surface area contributed by atoms with E-state index in [1.807, 2.05) is 35.8 Å². The summed E-state index contributed by atoms with van der Waals surface area (Å²) in [4.78, 5) is 10.5. The first-order chi connectivity index (χ1) is 13.0. The van der Waals surface area contributed by atoms with Crippen molar-refractivity contribution in [1.29, 1.82) is 0 Å². The summed E-state index contributed by atoms with van der Waals surface area (Å²) in [6, 6.07) is 13.5. The van der Waals surface area contributed by atoms with Crippen molar-refractivity contribution in [3.05, 3.63) is 66.4 Å². The highest BCUT2D eigenvalue weighted by Crippen LogP contribution is 2.32. The summed E-state index contributed by atoms with van der Waals surface area (Å²) in [6.45, 7) is -1.05. The van der Waals surface area contributed by atoms with Gasteiger partial charge < -0.3 is 9.64 Å². The molecule has 1 atom stereocenters. The van der Waals surface area contributed by atoms with Crippen LogP contribution in [0.2, 0.25) is 0 Å². The zero-order valence-electron chi connectivity index (χ0n) is 14.3. The number of alkyl halides is 2. The Balaban J connectivity index is 1.75. The van der Waals surface area contributed by atoms with Gasteiger partial charge in [0.2, 0.25) is 6.29 Å². The third-order valence-corrected chi connectivity index (χ3v) is 4.21. The molecule has 4 rings (SSSR count). The largest absolute Gasteiger partial charge is 0.435 e. The summed E-state index contributed by atoms with van der Waals surface area (Å²) in [7, 11) is 0. The molecule has 27 heavy (non-hydrogen) atoms. The highest BCUT2D eigenvalue weighted by Gasteiger charge is 2.25. The number of fused-ring (bicyclic) bond motifs is 1. The van der Waals surface area contributed by atoms with Crippen LogP contribution < -0.4 is 9.64 Å². The smallest absolute Gasteiger partial charge is 0.387 e. The van der Waals surface area contributed by atoms with E-state index in [1.165, 1.54) is 18.3 Å². The molecule has 2 aromatic carbocycles. The van der Waals surface area contributed by atoms with Gasteiger partial charge in [0, 0.05) is 11.9 Å². The Morgan fingerprint density at radius 3 is 2.56 bits per heavy atom. The molecule has 0 N–H and O–H groups in total. The predicted octanol–water partition coefficient (Wildman–Crippen LogP) is 4.80. The number of aryl methyl sites for hydroxylation is 1. The van der Waals surface area contributed by atoms with Crippen molar-refractivity contribution in [3.63, 3.8) is 0 Å². The van der Waals surface area contributed by atoms with Gasteiger partial charge in [-0.3, -0.25) is 4.57 Å². The molecule has 0 radical (unpaired) electrons. The lowest BCUT2D eigenvalue weighted by Crippen LogP contribution is -2.30. The van der Waals surface area contributed by atoms with E-state index in [9.17, 15) is 13.2 Å². The van der Waals surface area contributed by atoms with Crippen molar-refractivity contribution in [3.8, 4) is 5.75 Å². The topological polar surface area (TPSA) is 42.7 Å². The number of para-hydroxylation sites is 2. The molecule has 0 saturated heterocycles. The molecule has 0 aliphatic carbocycles. The molecular weight excluding hydrogens is 357 g/mol. The zero-order valence-corrected chi connectivity index (χ0v) is 14.3. The van der Waals surface area contributed by atoms with Gasteiger partial charge in [-0.1, -0.05) is 12.1 Å². The van der Waals surface area contributed by atoms with Crippen LogP contribution in [0.1, 0.15) is 12.1 Å². The molecule has 1 aliphatic heterocycles. The van der Waals surface area contributed by atoms with Gasteiger partial charge in [0.15, 0.2) is 5.83 Å². The molecule has 3 aromatic rings. The van der Waals surface area contributed by atoms with Gasteiger partial charge in [0.25, 0.3) is 0 Å². The van der Waals surface area contributed by atoms with Crippen LogP contribution in [-0.4, -0.2) is 22.4 Å². The van der Waals surface area contributed by atoms with E-state index >= 15 is 0 Å². The summed E-state index contributed by atoms with van der Waals surface area (Å²) in [5.74, 6) is 0.234. The lowest BCUT2D eigenvalue weighted by molar-refractivity contribution is -0.0498. The highest BCUT2D eigenvalue weighted by molar-refractivity contribution is 5.80. The molecule has 0 saturated carbocycles. The molecule has 0 bridgehead atoms. The number of ether oxygens (including phenoxy) is 1. The van der Waals surface area contributed by atoms with Gasteiger partial charge in [-0.25, -0.2) is 14.4 Å². The van der Waals surface area contributed by atoms with Crippen LogP contribution in [0, 0.1) is 6.92 Å². The van der Waals surface area contributed by atoms with E-state index in [-0.39, 0.29) is 5.75 Å². The summed E-state index contributed by atoms with van der Waals surface area (Å²) >= 11 is 0. The average Bonchev–Trinajstić information content (AvgIpc) is 2.98. The number of anilines is 1. The van der Waals surface area contributed by atoms with Gasteiger partial charge in [-0.2, -0.15) is 8.78 Å². The molecule has 0 fully saturated rings. The molecule has 8 heteroatoms. The minimum atomic E-state index is -2.90. The summed E-state index contributed by atoms with van der Waals surface area (Å²) in [5.41, 5.74) is 2.24. The van der Waals surface area contributed by atoms with E-state index in [0.29, 0.717) is 5.69 Å². The molecule has 1 aromatic heterocycles. The van der Waals surface area contributed by atoms with Crippen molar-refractivity contribution in [1.82, 2.24) is 9.55 Å². The zero-order chi connectivity index (χ0) is 19.0. The highest BCUT2D eigenvalue weighted by atomic mass is 19.3. The lowest BCUT2D eigenvalue weighted by Gasteiger charge is -2.31. The maximum Gasteiger partial charge on any atom is 0.387 e. The summed E-state index contributed by atoms with van der Waals surface area (Å²) in [6.07, 6.45) is 1.87. The second-order valence-corrected chi connectivity index (χ2v) is 5.94. The first-order valence-corrected chi connectivity index (χ1v) is 8.20. The number of imidazole rings is 1. The average molecular weight is 372 g/mol. The minimum Gasteiger partial charge on any atom is -0.435 e.